The Kier molecular flexibility index (Phi) is 4.99. The van der Waals surface area contributed by atoms with Gasteiger partial charge in [0.2, 0.25) is 5.91 Å². The number of amides is 1. The lowest BCUT2D eigenvalue weighted by molar-refractivity contribution is -0.130. The SMILES string of the molecule is CCN(CC)C(=O)CNC1CCc2cc(Br)ccc21. The Labute approximate surface area is 123 Å². The van der Waals surface area contributed by atoms with Gasteiger partial charge in [-0.1, -0.05) is 22.0 Å². The molecule has 1 amide bonds. The Morgan fingerprint density at radius 2 is 2.16 bits per heavy atom. The molecule has 1 N–H and O–H groups in total. The van der Waals surface area contributed by atoms with Crippen LogP contribution < -0.4 is 5.32 Å². The Balaban J connectivity index is 1.94. The lowest BCUT2D eigenvalue weighted by Crippen LogP contribution is -2.38. The van der Waals surface area contributed by atoms with Gasteiger partial charge in [0.25, 0.3) is 0 Å². The van der Waals surface area contributed by atoms with Crippen LogP contribution in [0.3, 0.4) is 0 Å². The first-order valence-corrected chi connectivity index (χ1v) is 7.74. The van der Waals surface area contributed by atoms with E-state index >= 15 is 0 Å². The number of halogens is 1. The van der Waals surface area contributed by atoms with E-state index < -0.39 is 0 Å². The molecule has 0 saturated heterocycles. The van der Waals surface area contributed by atoms with Gasteiger partial charge in [-0.15, -0.1) is 0 Å². The fourth-order valence-corrected chi connectivity index (χ4v) is 3.11. The Morgan fingerprint density at radius 3 is 2.84 bits per heavy atom. The van der Waals surface area contributed by atoms with E-state index in [4.69, 9.17) is 0 Å². The van der Waals surface area contributed by atoms with Gasteiger partial charge in [0.15, 0.2) is 0 Å². The molecule has 3 nitrogen and oxygen atoms in total. The summed E-state index contributed by atoms with van der Waals surface area (Å²) >= 11 is 3.50. The minimum Gasteiger partial charge on any atom is -0.342 e. The van der Waals surface area contributed by atoms with Gasteiger partial charge < -0.3 is 10.2 Å². The van der Waals surface area contributed by atoms with E-state index in [1.54, 1.807) is 0 Å². The van der Waals surface area contributed by atoms with E-state index in [0.29, 0.717) is 12.6 Å². The molecule has 1 aliphatic carbocycles. The summed E-state index contributed by atoms with van der Waals surface area (Å²) in [6.45, 7) is 6.03. The average molecular weight is 325 g/mol. The van der Waals surface area contributed by atoms with Gasteiger partial charge in [0.1, 0.15) is 0 Å². The third-order valence-corrected chi connectivity index (χ3v) is 4.29. The molecule has 0 bridgehead atoms. The van der Waals surface area contributed by atoms with Crippen molar-refractivity contribution < 1.29 is 4.79 Å². The molecule has 1 unspecified atom stereocenters. The Hall–Kier alpha value is -0.870. The molecule has 0 heterocycles. The van der Waals surface area contributed by atoms with Crippen LogP contribution >= 0.6 is 15.9 Å². The maximum absolute atomic E-state index is 12.0. The predicted molar refractivity (Wildman–Crippen MR) is 81.1 cm³/mol. The molecule has 19 heavy (non-hydrogen) atoms. The van der Waals surface area contributed by atoms with Crippen molar-refractivity contribution in [1.29, 1.82) is 0 Å². The van der Waals surface area contributed by atoms with Gasteiger partial charge in [-0.2, -0.15) is 0 Å². The van der Waals surface area contributed by atoms with Crippen LogP contribution in [0.5, 0.6) is 0 Å². The highest BCUT2D eigenvalue weighted by molar-refractivity contribution is 9.10. The van der Waals surface area contributed by atoms with Crippen molar-refractivity contribution in [2.45, 2.75) is 32.7 Å². The number of carbonyl (C=O) groups is 1. The number of carbonyl (C=O) groups excluding carboxylic acids is 1. The highest BCUT2D eigenvalue weighted by Gasteiger charge is 2.23. The lowest BCUT2D eigenvalue weighted by atomic mass is 10.1. The number of hydrogen-bond acceptors (Lipinski definition) is 2. The van der Waals surface area contributed by atoms with Gasteiger partial charge >= 0.3 is 0 Å². The number of rotatable bonds is 5. The molecular formula is C15H21BrN2O. The molecule has 1 aromatic rings. The zero-order valence-electron chi connectivity index (χ0n) is 11.6. The monoisotopic (exact) mass is 324 g/mol. The van der Waals surface area contributed by atoms with Crippen molar-refractivity contribution in [3.63, 3.8) is 0 Å². The second-order valence-electron chi connectivity index (χ2n) is 4.88. The molecule has 0 aliphatic heterocycles. The van der Waals surface area contributed by atoms with Crippen LogP contribution in [-0.4, -0.2) is 30.4 Å². The van der Waals surface area contributed by atoms with Gasteiger partial charge in [0.05, 0.1) is 6.54 Å². The second kappa shape index (κ2) is 6.53. The minimum absolute atomic E-state index is 0.190. The number of hydrogen-bond donors (Lipinski definition) is 1. The van der Waals surface area contributed by atoms with E-state index in [1.165, 1.54) is 11.1 Å². The molecule has 0 fully saturated rings. The fraction of sp³-hybridized carbons (Fsp3) is 0.533. The second-order valence-corrected chi connectivity index (χ2v) is 5.80. The summed E-state index contributed by atoms with van der Waals surface area (Å²) in [4.78, 5) is 13.8. The first kappa shape index (κ1) is 14.5. The molecule has 0 saturated carbocycles. The van der Waals surface area contributed by atoms with Crippen molar-refractivity contribution in [3.05, 3.63) is 33.8 Å². The van der Waals surface area contributed by atoms with E-state index in [-0.39, 0.29) is 5.91 Å². The van der Waals surface area contributed by atoms with Crippen molar-refractivity contribution in [3.8, 4) is 0 Å². The first-order chi connectivity index (χ1) is 9.15. The number of aryl methyl sites for hydroxylation is 1. The number of fused-ring (bicyclic) bond motifs is 1. The fourth-order valence-electron chi connectivity index (χ4n) is 2.70. The standard InChI is InChI=1S/C15H21BrN2O/c1-3-18(4-2)15(19)10-17-14-8-5-11-9-12(16)6-7-13(11)14/h6-7,9,14,17H,3-5,8,10H2,1-2H3. The quantitative estimate of drug-likeness (QED) is 0.903. The zero-order chi connectivity index (χ0) is 13.8. The number of nitrogens with zero attached hydrogens (tertiary/aromatic N) is 1. The number of benzene rings is 1. The largest absolute Gasteiger partial charge is 0.342 e. The number of likely N-dealkylation sites (N-methyl/N-ethyl adjacent to an activating group) is 1. The molecule has 1 atom stereocenters. The van der Waals surface area contributed by atoms with Gasteiger partial charge in [0, 0.05) is 23.6 Å². The molecular weight excluding hydrogens is 304 g/mol. The molecule has 104 valence electrons. The number of nitrogens with one attached hydrogen (secondary N) is 1. The minimum atomic E-state index is 0.190. The van der Waals surface area contributed by atoms with Crippen LogP contribution in [0, 0.1) is 0 Å². The summed E-state index contributed by atoms with van der Waals surface area (Å²) in [6, 6.07) is 6.74. The maximum Gasteiger partial charge on any atom is 0.236 e. The van der Waals surface area contributed by atoms with Crippen molar-refractivity contribution in [2.24, 2.45) is 0 Å². The smallest absolute Gasteiger partial charge is 0.236 e. The Bertz CT molecular complexity index is 457. The molecule has 4 heteroatoms. The van der Waals surface area contributed by atoms with Crippen molar-refractivity contribution >= 4 is 21.8 Å². The lowest BCUT2D eigenvalue weighted by Gasteiger charge is -2.21. The van der Waals surface area contributed by atoms with Gasteiger partial charge in [-0.3, -0.25) is 4.79 Å². The van der Waals surface area contributed by atoms with Crippen LogP contribution in [0.1, 0.15) is 37.4 Å². The highest BCUT2D eigenvalue weighted by atomic mass is 79.9. The summed E-state index contributed by atoms with van der Waals surface area (Å²) in [6.07, 6.45) is 2.17. The summed E-state index contributed by atoms with van der Waals surface area (Å²) < 4.78 is 1.13. The highest BCUT2D eigenvalue weighted by Crippen LogP contribution is 2.32. The summed E-state index contributed by atoms with van der Waals surface area (Å²) in [5.74, 6) is 0.190. The molecule has 2 rings (SSSR count). The van der Waals surface area contributed by atoms with Crippen molar-refractivity contribution in [2.75, 3.05) is 19.6 Å². The van der Waals surface area contributed by atoms with Crippen LogP contribution in [0.2, 0.25) is 0 Å². The topological polar surface area (TPSA) is 32.3 Å². The molecule has 1 aliphatic rings. The molecule has 0 aromatic heterocycles. The third-order valence-electron chi connectivity index (χ3n) is 3.80. The molecule has 1 aromatic carbocycles. The average Bonchev–Trinajstić information content (AvgIpc) is 2.80. The predicted octanol–water partition coefficient (Wildman–Crippen LogP) is 2.89. The van der Waals surface area contributed by atoms with Gasteiger partial charge in [-0.05, 0) is 49.9 Å². The van der Waals surface area contributed by atoms with Crippen LogP contribution in [-0.2, 0) is 11.2 Å². The van der Waals surface area contributed by atoms with Crippen LogP contribution in [0.4, 0.5) is 0 Å². The summed E-state index contributed by atoms with van der Waals surface area (Å²) in [5.41, 5.74) is 2.73. The van der Waals surface area contributed by atoms with Crippen LogP contribution in [0.15, 0.2) is 22.7 Å². The van der Waals surface area contributed by atoms with Crippen LogP contribution in [0.25, 0.3) is 0 Å². The van der Waals surface area contributed by atoms with E-state index in [0.717, 1.165) is 30.4 Å². The zero-order valence-corrected chi connectivity index (χ0v) is 13.2. The third kappa shape index (κ3) is 3.37. The first-order valence-electron chi connectivity index (χ1n) is 6.95. The molecule has 0 radical (unpaired) electrons. The van der Waals surface area contributed by atoms with Gasteiger partial charge in [-0.25, -0.2) is 0 Å². The summed E-state index contributed by atoms with van der Waals surface area (Å²) in [7, 11) is 0. The van der Waals surface area contributed by atoms with E-state index in [1.807, 2.05) is 18.7 Å². The molecule has 0 spiro atoms. The van der Waals surface area contributed by atoms with Crippen molar-refractivity contribution in [1.82, 2.24) is 10.2 Å². The maximum atomic E-state index is 12.0. The normalized spacial score (nSPS) is 17.3. The van der Waals surface area contributed by atoms with E-state index in [2.05, 4.69) is 39.4 Å². The van der Waals surface area contributed by atoms with E-state index in [9.17, 15) is 4.79 Å². The Morgan fingerprint density at radius 1 is 1.42 bits per heavy atom. The summed E-state index contributed by atoms with van der Waals surface area (Å²) in [5, 5.41) is 3.40.